The van der Waals surface area contributed by atoms with Crippen LogP contribution in [0.25, 0.3) is 0 Å². The van der Waals surface area contributed by atoms with Crippen LogP contribution in [0.2, 0.25) is 0 Å². The molecule has 0 radical (unpaired) electrons. The zero-order chi connectivity index (χ0) is 12.1. The van der Waals surface area contributed by atoms with Gasteiger partial charge in [0.05, 0.1) is 13.0 Å². The fourth-order valence-corrected chi connectivity index (χ4v) is 1.21. The van der Waals surface area contributed by atoms with Crippen LogP contribution in [0.3, 0.4) is 0 Å². The molecule has 0 unspecified atom stereocenters. The van der Waals surface area contributed by atoms with E-state index in [0.717, 1.165) is 0 Å². The van der Waals surface area contributed by atoms with Crippen molar-refractivity contribution in [2.24, 2.45) is 5.41 Å². The van der Waals surface area contributed by atoms with E-state index >= 15 is 0 Å². The van der Waals surface area contributed by atoms with Crippen molar-refractivity contribution < 1.29 is 14.3 Å². The Morgan fingerprint density at radius 1 is 1.33 bits per heavy atom. The van der Waals surface area contributed by atoms with Gasteiger partial charge in [-0.1, -0.05) is 20.8 Å². The van der Waals surface area contributed by atoms with Crippen molar-refractivity contribution in [2.45, 2.75) is 47.1 Å². The van der Waals surface area contributed by atoms with E-state index in [1.165, 1.54) is 6.92 Å². The Labute approximate surface area is 91.4 Å². The summed E-state index contributed by atoms with van der Waals surface area (Å²) in [5.41, 5.74) is -0.154. The van der Waals surface area contributed by atoms with Gasteiger partial charge >= 0.3 is 5.97 Å². The average molecular weight is 215 g/mol. The maximum atomic E-state index is 11.3. The van der Waals surface area contributed by atoms with Gasteiger partial charge in [-0.2, -0.15) is 0 Å². The van der Waals surface area contributed by atoms with E-state index in [4.69, 9.17) is 4.74 Å². The minimum atomic E-state index is -0.272. The summed E-state index contributed by atoms with van der Waals surface area (Å²) in [6.45, 7) is 9.52. The highest BCUT2D eigenvalue weighted by Gasteiger charge is 2.28. The molecule has 1 N–H and O–H groups in total. The molecule has 88 valence electrons. The first kappa shape index (κ1) is 13.9. The minimum absolute atomic E-state index is 0.126. The summed E-state index contributed by atoms with van der Waals surface area (Å²) >= 11 is 0. The summed E-state index contributed by atoms with van der Waals surface area (Å²) < 4.78 is 4.86. The maximum Gasteiger partial charge on any atom is 0.307 e. The van der Waals surface area contributed by atoms with Crippen molar-refractivity contribution in [3.05, 3.63) is 0 Å². The smallest absolute Gasteiger partial charge is 0.307 e. The summed E-state index contributed by atoms with van der Waals surface area (Å²) in [6, 6.07) is -0.186. The number of carbonyl (C=O) groups excluding carboxylic acids is 2. The molecule has 0 aromatic heterocycles. The lowest BCUT2D eigenvalue weighted by molar-refractivity contribution is -0.144. The van der Waals surface area contributed by atoms with Gasteiger partial charge in [0.25, 0.3) is 0 Å². The van der Waals surface area contributed by atoms with E-state index in [1.807, 2.05) is 20.8 Å². The van der Waals surface area contributed by atoms with Gasteiger partial charge in [-0.05, 0) is 12.3 Å². The largest absolute Gasteiger partial charge is 0.466 e. The van der Waals surface area contributed by atoms with Crippen LogP contribution in [-0.2, 0) is 14.3 Å². The molecule has 0 fully saturated rings. The van der Waals surface area contributed by atoms with Crippen LogP contribution in [0.15, 0.2) is 0 Å². The van der Waals surface area contributed by atoms with Crippen molar-refractivity contribution in [3.63, 3.8) is 0 Å². The maximum absolute atomic E-state index is 11.3. The predicted octanol–water partition coefficient (Wildman–Crippen LogP) is 1.49. The standard InChI is InChI=1S/C11H21NO3/c1-6-15-10(14)7-9(11(3,4)5)12-8(2)13/h9H,6-7H2,1-5H3,(H,12,13)/t9-/m0/s1. The molecule has 0 aromatic rings. The molecule has 4 heteroatoms. The quantitative estimate of drug-likeness (QED) is 0.723. The second-order valence-electron chi connectivity index (χ2n) is 4.63. The molecule has 0 bridgehead atoms. The van der Waals surface area contributed by atoms with Crippen molar-refractivity contribution in [1.82, 2.24) is 5.32 Å². The Balaban J connectivity index is 4.38. The van der Waals surface area contributed by atoms with Gasteiger partial charge < -0.3 is 10.1 Å². The average Bonchev–Trinajstić information content (AvgIpc) is 2.00. The number of nitrogens with one attached hydrogen (secondary N) is 1. The van der Waals surface area contributed by atoms with Crippen molar-refractivity contribution >= 4 is 11.9 Å². The summed E-state index contributed by atoms with van der Waals surface area (Å²) in [6.07, 6.45) is 0.219. The number of amides is 1. The van der Waals surface area contributed by atoms with Gasteiger partial charge in [0.1, 0.15) is 0 Å². The molecule has 0 aliphatic rings. The van der Waals surface area contributed by atoms with Gasteiger partial charge in [-0.25, -0.2) is 0 Å². The second kappa shape index (κ2) is 5.73. The third-order valence-electron chi connectivity index (χ3n) is 2.10. The van der Waals surface area contributed by atoms with Crippen molar-refractivity contribution in [3.8, 4) is 0 Å². The van der Waals surface area contributed by atoms with E-state index in [1.54, 1.807) is 6.92 Å². The van der Waals surface area contributed by atoms with Gasteiger partial charge in [0.2, 0.25) is 5.91 Å². The summed E-state index contributed by atoms with van der Waals surface area (Å²) in [5.74, 6) is -0.398. The molecule has 0 saturated carbocycles. The van der Waals surface area contributed by atoms with Gasteiger partial charge in [-0.3, -0.25) is 9.59 Å². The monoisotopic (exact) mass is 215 g/mol. The third-order valence-corrected chi connectivity index (χ3v) is 2.10. The minimum Gasteiger partial charge on any atom is -0.466 e. The highest BCUT2D eigenvalue weighted by atomic mass is 16.5. The first-order chi connectivity index (χ1) is 6.77. The number of rotatable bonds is 4. The van der Waals surface area contributed by atoms with Gasteiger partial charge in [-0.15, -0.1) is 0 Å². The number of hydrogen-bond acceptors (Lipinski definition) is 3. The molecule has 0 aliphatic carbocycles. The van der Waals surface area contributed by atoms with Crippen LogP contribution < -0.4 is 5.32 Å². The number of ether oxygens (including phenoxy) is 1. The molecule has 0 aromatic carbocycles. The third kappa shape index (κ3) is 6.10. The topological polar surface area (TPSA) is 55.4 Å². The summed E-state index contributed by atoms with van der Waals surface area (Å²) in [4.78, 5) is 22.3. The van der Waals surface area contributed by atoms with E-state index in [2.05, 4.69) is 5.32 Å². The first-order valence-electron chi connectivity index (χ1n) is 5.20. The van der Waals surface area contributed by atoms with Crippen LogP contribution in [0, 0.1) is 5.41 Å². The summed E-state index contributed by atoms with van der Waals surface area (Å²) in [7, 11) is 0. The molecule has 4 nitrogen and oxygen atoms in total. The molecule has 1 amide bonds. The van der Waals surface area contributed by atoms with Crippen LogP contribution in [0.4, 0.5) is 0 Å². The van der Waals surface area contributed by atoms with E-state index < -0.39 is 0 Å². The zero-order valence-electron chi connectivity index (χ0n) is 10.2. The lowest BCUT2D eigenvalue weighted by atomic mass is 9.85. The van der Waals surface area contributed by atoms with Gasteiger partial charge in [0, 0.05) is 13.0 Å². The second-order valence-corrected chi connectivity index (χ2v) is 4.63. The molecule has 0 aliphatic heterocycles. The van der Waals surface area contributed by atoms with Crippen LogP contribution in [0.5, 0.6) is 0 Å². The fourth-order valence-electron chi connectivity index (χ4n) is 1.21. The van der Waals surface area contributed by atoms with Crippen molar-refractivity contribution in [2.75, 3.05) is 6.61 Å². The molecular formula is C11H21NO3. The number of esters is 1. The van der Waals surface area contributed by atoms with Crippen molar-refractivity contribution in [1.29, 1.82) is 0 Å². The van der Waals surface area contributed by atoms with E-state index in [-0.39, 0.29) is 29.8 Å². The Kier molecular flexibility index (Phi) is 5.33. The highest BCUT2D eigenvalue weighted by Crippen LogP contribution is 2.22. The normalized spacial score (nSPS) is 13.1. The first-order valence-corrected chi connectivity index (χ1v) is 5.20. The lowest BCUT2D eigenvalue weighted by Gasteiger charge is -2.30. The molecule has 15 heavy (non-hydrogen) atoms. The molecule has 0 spiro atoms. The fraction of sp³-hybridized carbons (Fsp3) is 0.818. The molecule has 1 atom stereocenters. The molecule has 0 heterocycles. The highest BCUT2D eigenvalue weighted by molar-refractivity contribution is 5.75. The Hall–Kier alpha value is -1.06. The zero-order valence-corrected chi connectivity index (χ0v) is 10.2. The Bertz CT molecular complexity index is 230. The Morgan fingerprint density at radius 3 is 2.20 bits per heavy atom. The lowest BCUT2D eigenvalue weighted by Crippen LogP contribution is -2.44. The number of hydrogen-bond donors (Lipinski definition) is 1. The molecule has 0 rings (SSSR count). The summed E-state index contributed by atoms with van der Waals surface area (Å²) in [5, 5.41) is 2.77. The Morgan fingerprint density at radius 2 is 1.87 bits per heavy atom. The molecular weight excluding hydrogens is 194 g/mol. The van der Waals surface area contributed by atoms with Gasteiger partial charge in [0.15, 0.2) is 0 Å². The predicted molar refractivity (Wildman–Crippen MR) is 58.3 cm³/mol. The van der Waals surface area contributed by atoms with Crippen LogP contribution >= 0.6 is 0 Å². The molecule has 0 saturated heterocycles. The van der Waals surface area contributed by atoms with Crippen LogP contribution in [0.1, 0.15) is 41.0 Å². The SMILES string of the molecule is CCOC(=O)C[C@H](NC(C)=O)C(C)(C)C. The number of carbonyl (C=O) groups is 2. The van der Waals surface area contributed by atoms with E-state index in [0.29, 0.717) is 6.61 Å². The van der Waals surface area contributed by atoms with Crippen LogP contribution in [-0.4, -0.2) is 24.5 Å². The van der Waals surface area contributed by atoms with E-state index in [9.17, 15) is 9.59 Å².